The van der Waals surface area contributed by atoms with Crippen LogP contribution in [0.5, 0.6) is 0 Å². The third-order valence-electron chi connectivity index (χ3n) is 6.40. The largest absolute Gasteiger partial charge is 0.464 e. The molecule has 2 aliphatic rings. The van der Waals surface area contributed by atoms with E-state index < -0.39 is 11.7 Å². The van der Waals surface area contributed by atoms with Crippen molar-refractivity contribution in [1.29, 1.82) is 0 Å². The number of Topliss-reactive ketones (excluding diaryl/α,β-unsaturated/α-hetero) is 1. The van der Waals surface area contributed by atoms with Crippen LogP contribution in [-0.2, 0) is 16.0 Å². The number of nitrogens with zero attached hydrogens (tertiary/aromatic N) is 2. The number of fused-ring (bicyclic) bond motifs is 1. The number of ketones is 1. The lowest BCUT2D eigenvalue weighted by atomic mass is 9.92. The summed E-state index contributed by atoms with van der Waals surface area (Å²) in [6.07, 6.45) is 4.06. The van der Waals surface area contributed by atoms with Gasteiger partial charge in [0.25, 0.3) is 17.6 Å². The molecule has 1 aliphatic carbocycles. The molecule has 1 saturated heterocycles. The van der Waals surface area contributed by atoms with Gasteiger partial charge in [0.15, 0.2) is 0 Å². The van der Waals surface area contributed by atoms with E-state index in [0.29, 0.717) is 43.7 Å². The van der Waals surface area contributed by atoms with Crippen molar-refractivity contribution in [3.8, 4) is 11.3 Å². The van der Waals surface area contributed by atoms with E-state index in [0.717, 1.165) is 28.0 Å². The molecule has 5 rings (SSSR count). The summed E-state index contributed by atoms with van der Waals surface area (Å²) in [5, 5.41) is 0. The number of rotatable bonds is 4. The van der Waals surface area contributed by atoms with Crippen LogP contribution in [0.4, 0.5) is 0 Å². The van der Waals surface area contributed by atoms with E-state index in [9.17, 15) is 14.4 Å². The Morgan fingerprint density at radius 2 is 1.58 bits per heavy atom. The van der Waals surface area contributed by atoms with Crippen LogP contribution in [0.2, 0.25) is 0 Å². The number of allylic oxidation sites excluding steroid dienone is 1. The Morgan fingerprint density at radius 3 is 2.27 bits per heavy atom. The molecular weight excluding hydrogens is 416 g/mol. The Hall–Kier alpha value is -3.93. The van der Waals surface area contributed by atoms with Crippen LogP contribution in [0.1, 0.15) is 27.0 Å². The van der Waals surface area contributed by atoms with Gasteiger partial charge in [0, 0.05) is 42.9 Å². The summed E-state index contributed by atoms with van der Waals surface area (Å²) in [5.74, 6) is -0.304. The lowest BCUT2D eigenvalue weighted by Crippen LogP contribution is -2.52. The maximum absolute atomic E-state index is 13.2. The Bertz CT molecular complexity index is 1250. The van der Waals surface area contributed by atoms with Crippen molar-refractivity contribution in [3.63, 3.8) is 0 Å². The second-order valence-electron chi connectivity index (χ2n) is 8.36. The summed E-state index contributed by atoms with van der Waals surface area (Å²) in [5.41, 5.74) is 4.84. The highest BCUT2D eigenvalue weighted by atomic mass is 16.3. The Balaban J connectivity index is 1.30. The number of piperazine rings is 1. The first-order valence-corrected chi connectivity index (χ1v) is 11.1. The quantitative estimate of drug-likeness (QED) is 0.580. The van der Waals surface area contributed by atoms with E-state index in [1.54, 1.807) is 28.2 Å². The second kappa shape index (κ2) is 8.54. The van der Waals surface area contributed by atoms with Gasteiger partial charge in [-0.2, -0.15) is 0 Å². The highest BCUT2D eigenvalue weighted by molar-refractivity contribution is 6.53. The summed E-state index contributed by atoms with van der Waals surface area (Å²) in [7, 11) is 0. The predicted molar refractivity (Wildman–Crippen MR) is 124 cm³/mol. The average molecular weight is 440 g/mol. The predicted octanol–water partition coefficient (Wildman–Crippen LogP) is 3.75. The van der Waals surface area contributed by atoms with Crippen molar-refractivity contribution in [1.82, 2.24) is 9.80 Å². The van der Waals surface area contributed by atoms with Crippen LogP contribution in [0, 0.1) is 6.92 Å². The van der Waals surface area contributed by atoms with Gasteiger partial charge < -0.3 is 14.2 Å². The fourth-order valence-electron chi connectivity index (χ4n) is 4.66. The van der Waals surface area contributed by atoms with Crippen molar-refractivity contribution in [2.75, 3.05) is 26.2 Å². The van der Waals surface area contributed by atoms with E-state index in [1.165, 1.54) is 0 Å². The number of carbonyl (C=O) groups excluding carboxylic acids is 3. The molecule has 0 radical (unpaired) electrons. The topological polar surface area (TPSA) is 70.8 Å². The molecule has 0 spiro atoms. The first kappa shape index (κ1) is 20.9. The molecule has 0 saturated carbocycles. The molecule has 6 nitrogen and oxygen atoms in total. The molecule has 33 heavy (non-hydrogen) atoms. The van der Waals surface area contributed by atoms with E-state index in [1.807, 2.05) is 55.5 Å². The minimum atomic E-state index is -0.510. The molecule has 2 amide bonds. The van der Waals surface area contributed by atoms with Crippen molar-refractivity contribution < 1.29 is 18.8 Å². The molecule has 1 fully saturated rings. The number of amides is 2. The van der Waals surface area contributed by atoms with Gasteiger partial charge in [-0.15, -0.1) is 0 Å². The van der Waals surface area contributed by atoms with E-state index in [2.05, 4.69) is 0 Å². The minimum absolute atomic E-state index is 0.0532. The lowest BCUT2D eigenvalue weighted by Gasteiger charge is -2.34. The summed E-state index contributed by atoms with van der Waals surface area (Å²) < 4.78 is 5.57. The highest BCUT2D eigenvalue weighted by Crippen LogP contribution is 2.38. The van der Waals surface area contributed by atoms with Gasteiger partial charge in [-0.3, -0.25) is 14.4 Å². The van der Waals surface area contributed by atoms with Crippen molar-refractivity contribution in [2.24, 2.45) is 0 Å². The normalized spacial score (nSPS) is 15.2. The molecule has 3 aromatic rings. The maximum Gasteiger partial charge on any atom is 0.295 e. The van der Waals surface area contributed by atoms with Gasteiger partial charge >= 0.3 is 0 Å². The summed E-state index contributed by atoms with van der Waals surface area (Å²) >= 11 is 0. The standard InChI is InChI=1S/C27H24N2O4/c1-18-9-10-20(23-8-5-17-33-23)21-11-12-22(24(18)21)25(30)27(32)29-15-13-28(14-16-29)26(31)19-6-3-2-4-7-19/h2-10,12,17H,11,13-16H2,1H3. The van der Waals surface area contributed by atoms with Gasteiger partial charge in [0.2, 0.25) is 0 Å². The molecule has 1 aromatic heterocycles. The monoisotopic (exact) mass is 440 g/mol. The maximum atomic E-state index is 13.2. The third-order valence-corrected chi connectivity index (χ3v) is 6.40. The smallest absolute Gasteiger partial charge is 0.295 e. The first-order valence-electron chi connectivity index (χ1n) is 11.1. The van der Waals surface area contributed by atoms with E-state index >= 15 is 0 Å². The number of furan rings is 1. The SMILES string of the molecule is Cc1ccc(-c2ccco2)c2c1C(C(=O)C(=O)N1CCN(C(=O)c3ccccc3)CC1)=CC2. The van der Waals surface area contributed by atoms with Gasteiger partial charge in [0.1, 0.15) is 5.76 Å². The number of hydrogen-bond donors (Lipinski definition) is 0. The molecule has 2 aromatic carbocycles. The van der Waals surface area contributed by atoms with E-state index in [-0.39, 0.29) is 5.91 Å². The Kier molecular flexibility index (Phi) is 5.42. The highest BCUT2D eigenvalue weighted by Gasteiger charge is 2.33. The zero-order valence-corrected chi connectivity index (χ0v) is 18.4. The molecule has 0 bridgehead atoms. The van der Waals surface area contributed by atoms with Gasteiger partial charge in [-0.1, -0.05) is 36.4 Å². The molecule has 1 aliphatic heterocycles. The molecule has 0 atom stereocenters. The number of carbonyl (C=O) groups is 3. The number of hydrogen-bond acceptors (Lipinski definition) is 4. The summed E-state index contributed by atoms with van der Waals surface area (Å²) in [6.45, 7) is 3.45. The van der Waals surface area contributed by atoms with Crippen LogP contribution in [0.15, 0.2) is 71.4 Å². The fraction of sp³-hybridized carbons (Fsp3) is 0.222. The minimum Gasteiger partial charge on any atom is -0.464 e. The molecular formula is C27H24N2O4. The van der Waals surface area contributed by atoms with Crippen LogP contribution in [-0.4, -0.2) is 53.6 Å². The molecule has 2 heterocycles. The first-order chi connectivity index (χ1) is 16.0. The second-order valence-corrected chi connectivity index (χ2v) is 8.36. The van der Waals surface area contributed by atoms with Crippen molar-refractivity contribution >= 4 is 23.2 Å². The molecule has 0 unspecified atom stereocenters. The number of benzene rings is 2. The lowest BCUT2D eigenvalue weighted by molar-refractivity contribution is -0.142. The van der Waals surface area contributed by atoms with Gasteiger partial charge in [-0.05, 0) is 54.3 Å². The fourth-order valence-corrected chi connectivity index (χ4v) is 4.66. The molecule has 6 heteroatoms. The molecule has 166 valence electrons. The Labute approximate surface area is 192 Å². The van der Waals surface area contributed by atoms with Gasteiger partial charge in [-0.25, -0.2) is 0 Å². The number of aryl methyl sites for hydroxylation is 1. The Morgan fingerprint density at radius 1 is 0.848 bits per heavy atom. The van der Waals surface area contributed by atoms with Crippen molar-refractivity contribution in [2.45, 2.75) is 13.3 Å². The van der Waals surface area contributed by atoms with Crippen LogP contribution in [0.25, 0.3) is 16.9 Å². The van der Waals surface area contributed by atoms with E-state index in [4.69, 9.17) is 4.42 Å². The summed E-state index contributed by atoms with van der Waals surface area (Å²) in [6, 6.07) is 16.8. The zero-order chi connectivity index (χ0) is 22.9. The summed E-state index contributed by atoms with van der Waals surface area (Å²) in [4.78, 5) is 42.3. The van der Waals surface area contributed by atoms with Crippen molar-refractivity contribution in [3.05, 3.63) is 89.2 Å². The van der Waals surface area contributed by atoms with Crippen LogP contribution < -0.4 is 0 Å². The van der Waals surface area contributed by atoms with Crippen LogP contribution in [0.3, 0.4) is 0 Å². The molecule has 0 N–H and O–H groups in total. The zero-order valence-electron chi connectivity index (χ0n) is 18.4. The average Bonchev–Trinajstić information content (AvgIpc) is 3.55. The van der Waals surface area contributed by atoms with Gasteiger partial charge in [0.05, 0.1) is 6.26 Å². The van der Waals surface area contributed by atoms with Crippen LogP contribution >= 0.6 is 0 Å². The third kappa shape index (κ3) is 3.78.